The molecule has 2 atom stereocenters. The van der Waals surface area contributed by atoms with E-state index in [0.717, 1.165) is 36.3 Å². The fraction of sp³-hybridized carbons (Fsp3) is 0.625. The Kier molecular flexibility index (Phi) is 3.64. The second-order valence-electron chi connectivity index (χ2n) is 6.28. The summed E-state index contributed by atoms with van der Waals surface area (Å²) in [6, 6.07) is 3.75. The minimum Gasteiger partial charge on any atom is -0.362 e. The number of carbonyl (C=O) groups excluding carboxylic acids is 1. The molecule has 4 nitrogen and oxygen atoms in total. The van der Waals surface area contributed by atoms with Crippen LogP contribution in [0.5, 0.6) is 0 Å². The van der Waals surface area contributed by atoms with Gasteiger partial charge in [-0.1, -0.05) is 12.8 Å². The topological polar surface area (TPSA) is 36.4 Å². The van der Waals surface area contributed by atoms with Gasteiger partial charge in [-0.3, -0.25) is 4.79 Å². The molecule has 1 aliphatic heterocycles. The van der Waals surface area contributed by atoms with Gasteiger partial charge in [0.25, 0.3) is 5.91 Å². The number of rotatable bonds is 2. The number of fused-ring (bicyclic) bond motifs is 1. The summed E-state index contributed by atoms with van der Waals surface area (Å²) in [6.07, 6.45) is 7.00. The molecule has 1 amide bonds. The minimum atomic E-state index is 0.149. The molecule has 0 aromatic carbocycles. The molecular formula is C16H23N3O. The van der Waals surface area contributed by atoms with Gasteiger partial charge in [0.2, 0.25) is 0 Å². The van der Waals surface area contributed by atoms with Crippen LogP contribution in [-0.2, 0) is 0 Å². The van der Waals surface area contributed by atoms with E-state index < -0.39 is 0 Å². The van der Waals surface area contributed by atoms with Gasteiger partial charge in [-0.05, 0) is 36.8 Å². The first-order valence-corrected chi connectivity index (χ1v) is 7.58. The van der Waals surface area contributed by atoms with E-state index >= 15 is 0 Å². The first kappa shape index (κ1) is 13.4. The van der Waals surface area contributed by atoms with Crippen molar-refractivity contribution in [3.63, 3.8) is 0 Å². The van der Waals surface area contributed by atoms with Crippen LogP contribution in [0.25, 0.3) is 0 Å². The molecule has 1 aromatic heterocycles. The average Bonchev–Trinajstić information content (AvgIpc) is 2.90. The van der Waals surface area contributed by atoms with Crippen molar-refractivity contribution in [3.05, 3.63) is 23.9 Å². The summed E-state index contributed by atoms with van der Waals surface area (Å²) in [5.74, 6) is 2.38. The molecule has 2 fully saturated rings. The summed E-state index contributed by atoms with van der Waals surface area (Å²) in [4.78, 5) is 21.1. The first-order valence-electron chi connectivity index (χ1n) is 7.58. The standard InChI is InChI=1S/C16H23N3O/c1-18(2)15-14(8-5-9-17-15)16(20)19-10-12-6-3-4-7-13(12)11-19/h5,8-9,12-13H,3-4,6-7,10-11H2,1-2H3/t12-,13+. The molecule has 0 radical (unpaired) electrons. The highest BCUT2D eigenvalue weighted by Gasteiger charge is 2.37. The Morgan fingerprint density at radius 3 is 2.50 bits per heavy atom. The highest BCUT2D eigenvalue weighted by atomic mass is 16.2. The molecule has 1 saturated carbocycles. The van der Waals surface area contributed by atoms with Crippen LogP contribution in [0.4, 0.5) is 5.82 Å². The number of likely N-dealkylation sites (tertiary alicyclic amines) is 1. The lowest BCUT2D eigenvalue weighted by Gasteiger charge is -2.22. The van der Waals surface area contributed by atoms with Crippen LogP contribution in [0.15, 0.2) is 18.3 Å². The van der Waals surface area contributed by atoms with Gasteiger partial charge in [-0.15, -0.1) is 0 Å². The Labute approximate surface area is 120 Å². The largest absolute Gasteiger partial charge is 0.362 e. The van der Waals surface area contributed by atoms with Crippen LogP contribution in [0.1, 0.15) is 36.0 Å². The van der Waals surface area contributed by atoms with Crippen molar-refractivity contribution in [2.45, 2.75) is 25.7 Å². The monoisotopic (exact) mass is 273 g/mol. The molecule has 0 unspecified atom stereocenters. The quantitative estimate of drug-likeness (QED) is 0.830. The van der Waals surface area contributed by atoms with Gasteiger partial charge in [0, 0.05) is 33.4 Å². The molecule has 20 heavy (non-hydrogen) atoms. The molecule has 2 heterocycles. The van der Waals surface area contributed by atoms with E-state index in [-0.39, 0.29) is 5.91 Å². The highest BCUT2D eigenvalue weighted by Crippen LogP contribution is 2.36. The first-order chi connectivity index (χ1) is 9.66. The third-order valence-electron chi connectivity index (χ3n) is 4.70. The van der Waals surface area contributed by atoms with E-state index in [1.165, 1.54) is 25.7 Å². The maximum Gasteiger partial charge on any atom is 0.257 e. The number of aromatic nitrogens is 1. The molecule has 0 spiro atoms. The number of hydrogen-bond acceptors (Lipinski definition) is 3. The van der Waals surface area contributed by atoms with Gasteiger partial charge in [-0.2, -0.15) is 0 Å². The number of hydrogen-bond donors (Lipinski definition) is 0. The van der Waals surface area contributed by atoms with E-state index in [2.05, 4.69) is 4.98 Å². The average molecular weight is 273 g/mol. The molecule has 1 saturated heterocycles. The number of carbonyl (C=O) groups is 1. The van der Waals surface area contributed by atoms with Crippen molar-refractivity contribution in [2.75, 3.05) is 32.1 Å². The third kappa shape index (κ3) is 2.39. The fourth-order valence-corrected chi connectivity index (χ4v) is 3.66. The Morgan fingerprint density at radius 2 is 1.90 bits per heavy atom. The molecule has 0 bridgehead atoms. The summed E-state index contributed by atoms with van der Waals surface area (Å²) >= 11 is 0. The second kappa shape index (κ2) is 5.43. The summed E-state index contributed by atoms with van der Waals surface area (Å²) in [5.41, 5.74) is 0.733. The van der Waals surface area contributed by atoms with E-state index in [0.29, 0.717) is 0 Å². The lowest BCUT2D eigenvalue weighted by molar-refractivity contribution is 0.0784. The summed E-state index contributed by atoms with van der Waals surface area (Å²) in [6.45, 7) is 1.87. The summed E-state index contributed by atoms with van der Waals surface area (Å²) in [7, 11) is 3.87. The van der Waals surface area contributed by atoms with Crippen molar-refractivity contribution in [1.82, 2.24) is 9.88 Å². The maximum atomic E-state index is 12.8. The van der Waals surface area contributed by atoms with Crippen LogP contribution in [-0.4, -0.2) is 43.0 Å². The molecule has 1 aromatic rings. The van der Waals surface area contributed by atoms with E-state index in [1.807, 2.05) is 36.0 Å². The van der Waals surface area contributed by atoms with Gasteiger partial charge in [-0.25, -0.2) is 4.98 Å². The normalized spacial score (nSPS) is 25.4. The van der Waals surface area contributed by atoms with Gasteiger partial charge >= 0.3 is 0 Å². The highest BCUT2D eigenvalue weighted by molar-refractivity contribution is 5.99. The van der Waals surface area contributed by atoms with Gasteiger partial charge in [0.05, 0.1) is 5.56 Å². The van der Waals surface area contributed by atoms with Crippen LogP contribution in [0.2, 0.25) is 0 Å². The van der Waals surface area contributed by atoms with Crippen LogP contribution >= 0.6 is 0 Å². The van der Waals surface area contributed by atoms with Crippen molar-refractivity contribution in [1.29, 1.82) is 0 Å². The smallest absolute Gasteiger partial charge is 0.257 e. The third-order valence-corrected chi connectivity index (χ3v) is 4.70. The van der Waals surface area contributed by atoms with Gasteiger partial charge in [0.15, 0.2) is 0 Å². The zero-order valence-electron chi connectivity index (χ0n) is 12.4. The fourth-order valence-electron chi connectivity index (χ4n) is 3.66. The number of amides is 1. The lowest BCUT2D eigenvalue weighted by Crippen LogP contribution is -2.30. The van der Waals surface area contributed by atoms with Gasteiger partial charge in [0.1, 0.15) is 5.82 Å². The Balaban J connectivity index is 1.80. The molecule has 0 N–H and O–H groups in total. The number of pyridine rings is 1. The zero-order valence-corrected chi connectivity index (χ0v) is 12.4. The van der Waals surface area contributed by atoms with Crippen molar-refractivity contribution in [3.8, 4) is 0 Å². The van der Waals surface area contributed by atoms with E-state index in [1.54, 1.807) is 6.20 Å². The second-order valence-corrected chi connectivity index (χ2v) is 6.28. The van der Waals surface area contributed by atoms with Crippen LogP contribution in [0.3, 0.4) is 0 Å². The van der Waals surface area contributed by atoms with Crippen molar-refractivity contribution < 1.29 is 4.79 Å². The SMILES string of the molecule is CN(C)c1ncccc1C(=O)N1C[C@H]2CCCC[C@H]2C1. The van der Waals surface area contributed by atoms with Crippen LogP contribution in [0, 0.1) is 11.8 Å². The zero-order chi connectivity index (χ0) is 14.1. The maximum absolute atomic E-state index is 12.8. The lowest BCUT2D eigenvalue weighted by atomic mass is 9.82. The molecule has 1 aliphatic carbocycles. The molecule has 2 aliphatic rings. The molecule has 108 valence electrons. The molecule has 4 heteroatoms. The number of anilines is 1. The van der Waals surface area contributed by atoms with E-state index in [9.17, 15) is 4.79 Å². The predicted molar refractivity (Wildman–Crippen MR) is 79.9 cm³/mol. The Bertz CT molecular complexity index is 486. The van der Waals surface area contributed by atoms with E-state index in [4.69, 9.17) is 0 Å². The Morgan fingerprint density at radius 1 is 1.25 bits per heavy atom. The minimum absolute atomic E-state index is 0.149. The number of nitrogens with zero attached hydrogens (tertiary/aromatic N) is 3. The van der Waals surface area contributed by atoms with Crippen molar-refractivity contribution in [2.24, 2.45) is 11.8 Å². The predicted octanol–water partition coefficient (Wildman–Crippen LogP) is 2.41. The Hall–Kier alpha value is -1.58. The molecular weight excluding hydrogens is 250 g/mol. The van der Waals surface area contributed by atoms with Crippen molar-refractivity contribution >= 4 is 11.7 Å². The summed E-state index contributed by atoms with van der Waals surface area (Å²) in [5, 5.41) is 0. The molecule has 3 rings (SSSR count). The van der Waals surface area contributed by atoms with Crippen LogP contribution < -0.4 is 4.90 Å². The summed E-state index contributed by atoms with van der Waals surface area (Å²) < 4.78 is 0. The van der Waals surface area contributed by atoms with Gasteiger partial charge < -0.3 is 9.80 Å².